The average molecular weight is 562 g/mol. The van der Waals surface area contributed by atoms with Gasteiger partial charge < -0.3 is 10.3 Å². The molecule has 8 rings (SSSR count). The van der Waals surface area contributed by atoms with E-state index in [0.717, 1.165) is 0 Å². The number of carbonyl (C=O) groups excluding carboxylic acids is 2. The van der Waals surface area contributed by atoms with E-state index in [2.05, 4.69) is 20.6 Å². The standard InChI is InChI=1S/C32H24FN5O4/c1-18(39)37-31(17-32(38(41)42)24-12-6-4-10-22(24)28(31)23-11-5-7-13-25(23)32)29(40)36-30-34-16-27(35-30)21-14-15-26(33)20-9-3-2-8-19(20)21/h2-16,28H,17H2,1H3,(H,37,39)(H2,34,35,36,40). The number of imidazole rings is 1. The highest BCUT2D eigenvalue weighted by Gasteiger charge is 2.69. The molecule has 1 heterocycles. The summed E-state index contributed by atoms with van der Waals surface area (Å²) in [6.45, 7) is 1.29. The summed E-state index contributed by atoms with van der Waals surface area (Å²) in [4.78, 5) is 47.1. The smallest absolute Gasteiger partial charge is 0.275 e. The van der Waals surface area contributed by atoms with Gasteiger partial charge >= 0.3 is 0 Å². The number of hydrogen-bond acceptors (Lipinski definition) is 5. The van der Waals surface area contributed by atoms with Crippen LogP contribution in [-0.2, 0) is 15.1 Å². The first-order valence-corrected chi connectivity index (χ1v) is 13.4. The molecule has 4 aromatic carbocycles. The summed E-state index contributed by atoms with van der Waals surface area (Å²) < 4.78 is 14.4. The van der Waals surface area contributed by atoms with E-state index >= 15 is 0 Å². The number of aromatic nitrogens is 2. The Balaban J connectivity index is 1.34. The van der Waals surface area contributed by atoms with Crippen LogP contribution in [0.2, 0.25) is 0 Å². The van der Waals surface area contributed by atoms with Crippen molar-refractivity contribution in [1.29, 1.82) is 0 Å². The summed E-state index contributed by atoms with van der Waals surface area (Å²) >= 11 is 0. The van der Waals surface area contributed by atoms with Gasteiger partial charge in [0.1, 0.15) is 11.4 Å². The van der Waals surface area contributed by atoms with Crippen molar-refractivity contribution in [3.05, 3.63) is 129 Å². The fourth-order valence-corrected chi connectivity index (χ4v) is 6.99. The lowest BCUT2D eigenvalue weighted by Gasteiger charge is -2.53. The normalized spacial score (nSPS) is 21.8. The number of nitrogens with one attached hydrogen (secondary N) is 3. The number of amides is 2. The van der Waals surface area contributed by atoms with Gasteiger partial charge in [-0.05, 0) is 28.6 Å². The van der Waals surface area contributed by atoms with Gasteiger partial charge in [0.2, 0.25) is 11.9 Å². The van der Waals surface area contributed by atoms with Gasteiger partial charge in [0.05, 0.1) is 18.3 Å². The van der Waals surface area contributed by atoms with Gasteiger partial charge in [-0.25, -0.2) is 9.37 Å². The van der Waals surface area contributed by atoms with Crippen LogP contribution in [0.1, 0.15) is 41.5 Å². The quantitative estimate of drug-likeness (QED) is 0.199. The lowest BCUT2D eigenvalue weighted by molar-refractivity contribution is -0.571. The maximum atomic E-state index is 14.4. The summed E-state index contributed by atoms with van der Waals surface area (Å²) in [7, 11) is 0. The third-order valence-corrected chi connectivity index (χ3v) is 8.55. The van der Waals surface area contributed by atoms with Gasteiger partial charge in [0, 0.05) is 39.8 Å². The lowest BCUT2D eigenvalue weighted by Crippen LogP contribution is -2.69. The number of halogens is 1. The minimum atomic E-state index is -1.76. The van der Waals surface area contributed by atoms with E-state index in [1.165, 1.54) is 19.2 Å². The van der Waals surface area contributed by atoms with Gasteiger partial charge in [-0.15, -0.1) is 0 Å². The number of H-pyrrole nitrogens is 1. The van der Waals surface area contributed by atoms with E-state index in [1.807, 2.05) is 0 Å². The largest absolute Gasteiger partial charge is 0.341 e. The topological polar surface area (TPSA) is 130 Å². The first kappa shape index (κ1) is 25.6. The molecule has 3 aliphatic rings. The van der Waals surface area contributed by atoms with E-state index in [0.29, 0.717) is 44.3 Å². The van der Waals surface area contributed by atoms with Crippen molar-refractivity contribution < 1.29 is 18.9 Å². The van der Waals surface area contributed by atoms with Crippen molar-refractivity contribution in [3.63, 3.8) is 0 Å². The van der Waals surface area contributed by atoms with Crippen molar-refractivity contribution in [1.82, 2.24) is 15.3 Å². The van der Waals surface area contributed by atoms with E-state index < -0.39 is 28.8 Å². The number of aromatic amines is 1. The molecule has 2 bridgehead atoms. The van der Waals surface area contributed by atoms with Crippen molar-refractivity contribution >= 4 is 28.5 Å². The molecule has 1 aromatic heterocycles. The molecule has 1 unspecified atom stereocenters. The monoisotopic (exact) mass is 561 g/mol. The van der Waals surface area contributed by atoms with Gasteiger partial charge in [0.25, 0.3) is 11.4 Å². The van der Waals surface area contributed by atoms with Gasteiger partial charge in [-0.1, -0.05) is 72.8 Å². The molecule has 0 radical (unpaired) electrons. The molecule has 208 valence electrons. The van der Waals surface area contributed by atoms with Crippen LogP contribution in [-0.4, -0.2) is 32.2 Å². The number of fused-ring (bicyclic) bond motifs is 2. The van der Waals surface area contributed by atoms with E-state index in [-0.39, 0.29) is 23.1 Å². The molecule has 1 atom stereocenters. The molecule has 3 N–H and O–H groups in total. The molecule has 0 saturated heterocycles. The number of anilines is 1. The van der Waals surface area contributed by atoms with Crippen LogP contribution in [0.15, 0.2) is 91.1 Å². The fraction of sp³-hybridized carbons (Fsp3) is 0.156. The third kappa shape index (κ3) is 3.44. The van der Waals surface area contributed by atoms with Gasteiger partial charge in [0.15, 0.2) is 0 Å². The Bertz CT molecular complexity index is 1910. The first-order chi connectivity index (χ1) is 20.3. The zero-order valence-electron chi connectivity index (χ0n) is 22.4. The molecule has 9 nitrogen and oxygen atoms in total. The molecule has 0 fully saturated rings. The second-order valence-corrected chi connectivity index (χ2v) is 10.8. The summed E-state index contributed by atoms with van der Waals surface area (Å²) in [5.74, 6) is -2.09. The number of carbonyl (C=O) groups is 2. The molecule has 0 spiro atoms. The summed E-state index contributed by atoms with van der Waals surface area (Å²) in [6, 6.07) is 24.1. The Morgan fingerprint density at radius 2 is 1.57 bits per heavy atom. The SMILES string of the molecule is CC(=O)NC1(C(=O)Nc2ncc(-c3ccc(F)c4ccccc34)[nH]2)CC2([N+](=O)[O-])c3ccccc3C1c1ccccc12. The Hall–Kier alpha value is -5.38. The zero-order valence-corrected chi connectivity index (χ0v) is 22.4. The number of hydrogen-bond donors (Lipinski definition) is 3. The number of nitro groups is 1. The van der Waals surface area contributed by atoms with Crippen LogP contribution in [0.25, 0.3) is 22.0 Å². The molecule has 3 aliphatic carbocycles. The molecule has 0 saturated carbocycles. The van der Waals surface area contributed by atoms with Crippen LogP contribution in [0, 0.1) is 15.9 Å². The minimum Gasteiger partial charge on any atom is -0.341 e. The summed E-state index contributed by atoms with van der Waals surface area (Å²) in [5.41, 5.74) is 0.00946. The summed E-state index contributed by atoms with van der Waals surface area (Å²) in [5, 5.41) is 19.8. The Labute approximate surface area is 238 Å². The van der Waals surface area contributed by atoms with Crippen LogP contribution in [0.5, 0.6) is 0 Å². The Morgan fingerprint density at radius 3 is 2.21 bits per heavy atom. The van der Waals surface area contributed by atoms with Crippen molar-refractivity contribution in [2.45, 2.75) is 30.3 Å². The van der Waals surface area contributed by atoms with Crippen LogP contribution < -0.4 is 10.6 Å². The van der Waals surface area contributed by atoms with E-state index in [4.69, 9.17) is 0 Å². The first-order valence-electron chi connectivity index (χ1n) is 13.4. The van der Waals surface area contributed by atoms with Crippen LogP contribution in [0.3, 0.4) is 0 Å². The molecule has 5 aromatic rings. The molecule has 42 heavy (non-hydrogen) atoms. The molecular weight excluding hydrogens is 537 g/mol. The van der Waals surface area contributed by atoms with E-state index in [9.17, 15) is 24.1 Å². The molecule has 10 heteroatoms. The second kappa shape index (κ2) is 9.07. The molecular formula is C32H24FN5O4. The van der Waals surface area contributed by atoms with Crippen LogP contribution in [0.4, 0.5) is 10.3 Å². The minimum absolute atomic E-state index is 0.0892. The molecule has 2 amide bonds. The lowest BCUT2D eigenvalue weighted by atomic mass is 9.52. The highest BCUT2D eigenvalue weighted by atomic mass is 19.1. The van der Waals surface area contributed by atoms with Crippen LogP contribution >= 0.6 is 0 Å². The van der Waals surface area contributed by atoms with E-state index in [1.54, 1.807) is 78.9 Å². The maximum absolute atomic E-state index is 14.4. The Morgan fingerprint density at radius 1 is 0.952 bits per heavy atom. The second-order valence-electron chi connectivity index (χ2n) is 10.8. The highest BCUT2D eigenvalue weighted by molar-refractivity contribution is 6.02. The summed E-state index contributed by atoms with van der Waals surface area (Å²) in [6.07, 6.45) is 1.24. The van der Waals surface area contributed by atoms with Crippen molar-refractivity contribution in [2.24, 2.45) is 0 Å². The molecule has 0 aliphatic heterocycles. The predicted molar refractivity (Wildman–Crippen MR) is 154 cm³/mol. The zero-order chi connectivity index (χ0) is 29.2. The Kier molecular flexibility index (Phi) is 5.52. The van der Waals surface area contributed by atoms with Crippen molar-refractivity contribution in [2.75, 3.05) is 5.32 Å². The predicted octanol–water partition coefficient (Wildman–Crippen LogP) is 5.25. The maximum Gasteiger partial charge on any atom is 0.275 e. The van der Waals surface area contributed by atoms with Gasteiger partial charge in [-0.2, -0.15) is 0 Å². The number of nitrogens with zero attached hydrogens (tertiary/aromatic N) is 2. The van der Waals surface area contributed by atoms with Gasteiger partial charge in [-0.3, -0.25) is 25.0 Å². The van der Waals surface area contributed by atoms with Crippen molar-refractivity contribution in [3.8, 4) is 11.3 Å². The third-order valence-electron chi connectivity index (χ3n) is 8.55. The number of benzene rings is 4. The fourth-order valence-electron chi connectivity index (χ4n) is 6.99. The number of rotatable bonds is 5. The average Bonchev–Trinajstić information content (AvgIpc) is 3.45. The highest BCUT2D eigenvalue weighted by Crippen LogP contribution is 2.60.